The number of hydrogen-bond acceptors (Lipinski definition) is 7. The van der Waals surface area contributed by atoms with Gasteiger partial charge in [0.25, 0.3) is 11.6 Å². The van der Waals surface area contributed by atoms with Crippen LogP contribution in [-0.4, -0.2) is 45.3 Å². The molecule has 0 aliphatic rings. The van der Waals surface area contributed by atoms with Gasteiger partial charge in [0.1, 0.15) is 5.69 Å². The first kappa shape index (κ1) is 20.1. The maximum atomic E-state index is 12.1. The quantitative estimate of drug-likeness (QED) is 0.338. The van der Waals surface area contributed by atoms with Crippen LogP contribution in [0.4, 0.5) is 11.4 Å². The molecule has 1 amide bonds. The SMILES string of the molecule is Cc1cc(C)c2c(OCC(=O)NCCNc3ccccc3[N+](=O)[O-])nn(C)c2n1. The van der Waals surface area contributed by atoms with Crippen LogP contribution < -0.4 is 15.4 Å². The Kier molecular flexibility index (Phi) is 5.91. The van der Waals surface area contributed by atoms with Gasteiger partial charge >= 0.3 is 0 Å². The average Bonchev–Trinajstić information content (AvgIpc) is 2.99. The van der Waals surface area contributed by atoms with E-state index in [0.29, 0.717) is 23.8 Å². The zero-order valence-electron chi connectivity index (χ0n) is 16.4. The second-order valence-corrected chi connectivity index (χ2v) is 6.55. The normalized spacial score (nSPS) is 10.7. The van der Waals surface area contributed by atoms with Crippen molar-refractivity contribution in [2.45, 2.75) is 13.8 Å². The first-order chi connectivity index (χ1) is 13.9. The van der Waals surface area contributed by atoms with Gasteiger partial charge in [0.2, 0.25) is 5.88 Å². The number of carbonyl (C=O) groups excluding carboxylic acids is 1. The van der Waals surface area contributed by atoms with E-state index < -0.39 is 4.92 Å². The van der Waals surface area contributed by atoms with Crippen molar-refractivity contribution in [2.24, 2.45) is 7.05 Å². The molecule has 1 aromatic carbocycles. The minimum absolute atomic E-state index is 0.0107. The van der Waals surface area contributed by atoms with Gasteiger partial charge in [-0.15, -0.1) is 5.10 Å². The van der Waals surface area contributed by atoms with Crippen molar-refractivity contribution in [1.29, 1.82) is 0 Å². The minimum Gasteiger partial charge on any atom is -0.466 e. The number of anilines is 1. The summed E-state index contributed by atoms with van der Waals surface area (Å²) >= 11 is 0. The summed E-state index contributed by atoms with van der Waals surface area (Å²) in [5.74, 6) is 0.0478. The number of nitro benzene ring substituents is 1. The smallest absolute Gasteiger partial charge is 0.292 e. The van der Waals surface area contributed by atoms with Crippen LogP contribution in [0.15, 0.2) is 30.3 Å². The molecule has 0 saturated carbocycles. The van der Waals surface area contributed by atoms with Gasteiger partial charge in [-0.25, -0.2) is 9.67 Å². The number of para-hydroxylation sites is 2. The van der Waals surface area contributed by atoms with E-state index >= 15 is 0 Å². The highest BCUT2D eigenvalue weighted by Gasteiger charge is 2.16. The second kappa shape index (κ2) is 8.55. The van der Waals surface area contributed by atoms with Crippen molar-refractivity contribution in [3.8, 4) is 5.88 Å². The van der Waals surface area contributed by atoms with Crippen LogP contribution >= 0.6 is 0 Å². The lowest BCUT2D eigenvalue weighted by atomic mass is 10.2. The summed E-state index contributed by atoms with van der Waals surface area (Å²) in [6, 6.07) is 8.28. The third-order valence-corrected chi connectivity index (χ3v) is 4.29. The molecule has 3 rings (SSSR count). The third-order valence-electron chi connectivity index (χ3n) is 4.29. The number of benzene rings is 1. The minimum atomic E-state index is -0.454. The summed E-state index contributed by atoms with van der Waals surface area (Å²) in [7, 11) is 1.77. The number of nitro groups is 1. The van der Waals surface area contributed by atoms with E-state index in [4.69, 9.17) is 4.74 Å². The maximum absolute atomic E-state index is 12.1. The lowest BCUT2D eigenvalue weighted by Crippen LogP contribution is -2.32. The number of pyridine rings is 1. The molecule has 0 saturated heterocycles. The van der Waals surface area contributed by atoms with E-state index in [-0.39, 0.29) is 24.7 Å². The summed E-state index contributed by atoms with van der Waals surface area (Å²) in [4.78, 5) is 27.1. The number of amides is 1. The summed E-state index contributed by atoms with van der Waals surface area (Å²) < 4.78 is 7.22. The van der Waals surface area contributed by atoms with Crippen LogP contribution in [0.2, 0.25) is 0 Å². The van der Waals surface area contributed by atoms with Crippen LogP contribution in [0, 0.1) is 24.0 Å². The van der Waals surface area contributed by atoms with E-state index in [9.17, 15) is 14.9 Å². The molecule has 10 nitrogen and oxygen atoms in total. The standard InChI is InChI=1S/C19H22N6O4/c1-12-10-13(2)22-18-17(12)19(23-24(18)3)29-11-16(26)21-9-8-20-14-6-4-5-7-15(14)25(27)28/h4-7,10,20H,8-9,11H2,1-3H3,(H,21,26). The zero-order valence-corrected chi connectivity index (χ0v) is 16.4. The van der Waals surface area contributed by atoms with Gasteiger partial charge < -0.3 is 15.4 Å². The van der Waals surface area contributed by atoms with E-state index in [0.717, 1.165) is 16.6 Å². The van der Waals surface area contributed by atoms with Crippen LogP contribution in [0.5, 0.6) is 5.88 Å². The van der Waals surface area contributed by atoms with E-state index in [2.05, 4.69) is 20.7 Å². The number of carbonyl (C=O) groups is 1. The first-order valence-corrected chi connectivity index (χ1v) is 9.04. The first-order valence-electron chi connectivity index (χ1n) is 9.04. The fourth-order valence-corrected chi connectivity index (χ4v) is 3.02. The summed E-state index contributed by atoms with van der Waals surface area (Å²) in [6.07, 6.45) is 0. The van der Waals surface area contributed by atoms with Crippen molar-refractivity contribution in [3.63, 3.8) is 0 Å². The lowest BCUT2D eigenvalue weighted by Gasteiger charge is -2.09. The average molecular weight is 398 g/mol. The highest BCUT2D eigenvalue weighted by atomic mass is 16.6. The molecule has 2 N–H and O–H groups in total. The summed E-state index contributed by atoms with van der Waals surface area (Å²) in [5.41, 5.74) is 2.95. The highest BCUT2D eigenvalue weighted by molar-refractivity contribution is 5.85. The molecule has 0 aliphatic heterocycles. The highest BCUT2D eigenvalue weighted by Crippen LogP contribution is 2.27. The predicted molar refractivity (Wildman–Crippen MR) is 108 cm³/mol. The fourth-order valence-electron chi connectivity index (χ4n) is 3.02. The molecule has 2 aromatic heterocycles. The molecule has 10 heteroatoms. The van der Waals surface area contributed by atoms with Crippen LogP contribution in [-0.2, 0) is 11.8 Å². The molecular weight excluding hydrogens is 376 g/mol. The molecule has 2 heterocycles. The third kappa shape index (κ3) is 4.60. The molecule has 3 aromatic rings. The molecular formula is C19H22N6O4. The van der Waals surface area contributed by atoms with Crippen molar-refractivity contribution >= 4 is 28.3 Å². The molecule has 0 bridgehead atoms. The number of fused-ring (bicyclic) bond motifs is 1. The van der Waals surface area contributed by atoms with Gasteiger partial charge in [0, 0.05) is 31.9 Å². The van der Waals surface area contributed by atoms with Gasteiger partial charge in [-0.1, -0.05) is 12.1 Å². The molecule has 29 heavy (non-hydrogen) atoms. The number of nitrogens with one attached hydrogen (secondary N) is 2. The Morgan fingerprint density at radius 3 is 2.79 bits per heavy atom. The van der Waals surface area contributed by atoms with E-state index in [1.807, 2.05) is 19.9 Å². The second-order valence-electron chi connectivity index (χ2n) is 6.55. The van der Waals surface area contributed by atoms with Gasteiger partial charge in [0.05, 0.1) is 10.3 Å². The van der Waals surface area contributed by atoms with Gasteiger partial charge in [-0.2, -0.15) is 0 Å². The molecule has 0 spiro atoms. The topological polar surface area (TPSA) is 124 Å². The van der Waals surface area contributed by atoms with Crippen LogP contribution in [0.1, 0.15) is 11.3 Å². The van der Waals surface area contributed by atoms with Gasteiger partial charge in [-0.05, 0) is 31.5 Å². The fraction of sp³-hybridized carbons (Fsp3) is 0.316. The number of hydrogen-bond donors (Lipinski definition) is 2. The van der Waals surface area contributed by atoms with Crippen molar-refractivity contribution in [1.82, 2.24) is 20.1 Å². The molecule has 0 unspecified atom stereocenters. The summed E-state index contributed by atoms with van der Waals surface area (Å²) in [6.45, 7) is 4.29. The Hall–Kier alpha value is -3.69. The number of nitrogens with zero attached hydrogens (tertiary/aromatic N) is 4. The maximum Gasteiger partial charge on any atom is 0.292 e. The molecule has 0 fully saturated rings. The van der Waals surface area contributed by atoms with Crippen LogP contribution in [0.25, 0.3) is 11.0 Å². The Bertz CT molecular complexity index is 1060. The molecule has 152 valence electrons. The monoisotopic (exact) mass is 398 g/mol. The lowest BCUT2D eigenvalue weighted by molar-refractivity contribution is -0.384. The number of aryl methyl sites for hydroxylation is 3. The van der Waals surface area contributed by atoms with E-state index in [1.165, 1.54) is 6.07 Å². The number of aromatic nitrogens is 3. The largest absolute Gasteiger partial charge is 0.466 e. The van der Waals surface area contributed by atoms with Gasteiger partial charge in [-0.3, -0.25) is 14.9 Å². The summed E-state index contributed by atoms with van der Waals surface area (Å²) in [5, 5.41) is 21.7. The Morgan fingerprint density at radius 1 is 1.28 bits per heavy atom. The van der Waals surface area contributed by atoms with Crippen molar-refractivity contribution in [3.05, 3.63) is 51.7 Å². The predicted octanol–water partition coefficient (Wildman–Crippen LogP) is 2.10. The van der Waals surface area contributed by atoms with Crippen molar-refractivity contribution in [2.75, 3.05) is 25.0 Å². The molecule has 0 radical (unpaired) electrons. The van der Waals surface area contributed by atoms with E-state index in [1.54, 1.807) is 29.9 Å². The number of rotatable bonds is 8. The van der Waals surface area contributed by atoms with Gasteiger partial charge in [0.15, 0.2) is 12.3 Å². The number of ether oxygens (including phenoxy) is 1. The van der Waals surface area contributed by atoms with Crippen molar-refractivity contribution < 1.29 is 14.5 Å². The molecule has 0 atom stereocenters. The Labute approximate surface area is 167 Å². The zero-order chi connectivity index (χ0) is 21.0. The molecule has 0 aliphatic carbocycles. The Morgan fingerprint density at radius 2 is 2.03 bits per heavy atom. The van der Waals surface area contributed by atoms with Crippen LogP contribution in [0.3, 0.4) is 0 Å². The Balaban J connectivity index is 1.51.